The summed E-state index contributed by atoms with van der Waals surface area (Å²) in [6, 6.07) is 0. The first kappa shape index (κ1) is 13.5. The average molecular weight is 236 g/mol. The van der Waals surface area contributed by atoms with Gasteiger partial charge in [-0.2, -0.15) is 0 Å². The molecule has 2 heteroatoms. The molecule has 1 saturated carbocycles. The minimum absolute atomic E-state index is 0.290. The monoisotopic (exact) mass is 236 g/mol. The average Bonchev–Trinajstić information content (AvgIpc) is 2.44. The summed E-state index contributed by atoms with van der Waals surface area (Å²) < 4.78 is 0. The van der Waals surface area contributed by atoms with E-state index in [1.165, 1.54) is 6.42 Å². The van der Waals surface area contributed by atoms with Crippen LogP contribution in [0, 0.1) is 16.9 Å². The molecule has 1 aliphatic carbocycles. The van der Waals surface area contributed by atoms with Crippen LogP contribution in [0.3, 0.4) is 0 Å². The maximum Gasteiger partial charge on any atom is 0.133 e. The van der Waals surface area contributed by atoms with Crippen LogP contribution in [0.4, 0.5) is 0 Å². The molecule has 1 rings (SSSR count). The maximum absolute atomic E-state index is 11.3. The molecule has 1 aliphatic rings. The van der Waals surface area contributed by atoms with Gasteiger partial charge in [0, 0.05) is 19.3 Å². The van der Waals surface area contributed by atoms with Gasteiger partial charge in [0.1, 0.15) is 13.9 Å². The van der Waals surface area contributed by atoms with E-state index in [1.807, 2.05) is 0 Å². The number of carbonyl (C=O) groups is 1. The van der Waals surface area contributed by atoms with Gasteiger partial charge in [0.25, 0.3) is 0 Å². The van der Waals surface area contributed by atoms with Crippen molar-refractivity contribution >= 4 is 13.9 Å². The summed E-state index contributed by atoms with van der Waals surface area (Å²) in [5, 5.41) is 0. The highest BCUT2D eigenvalue weighted by Crippen LogP contribution is 2.39. The first-order chi connectivity index (χ1) is 7.31. The van der Waals surface area contributed by atoms with Gasteiger partial charge < -0.3 is 0 Å². The standard InChI is InChI=1S/C14H24OSi/c1-14(10-8-13(15)12-14)9-6-5-7-11-16(2,3)4/h5-6,8-10,12H2,1-4H3/t14-/m0/s1. The van der Waals surface area contributed by atoms with E-state index in [0.29, 0.717) is 5.78 Å². The number of carbonyl (C=O) groups excluding carboxylic acids is 1. The number of hydrogen-bond donors (Lipinski definition) is 0. The zero-order valence-electron chi connectivity index (χ0n) is 11.2. The molecule has 0 saturated heterocycles. The van der Waals surface area contributed by atoms with E-state index in [1.54, 1.807) is 0 Å². The Balaban J connectivity index is 2.25. The highest BCUT2D eigenvalue weighted by molar-refractivity contribution is 6.83. The van der Waals surface area contributed by atoms with Gasteiger partial charge in [-0.3, -0.25) is 4.79 Å². The summed E-state index contributed by atoms with van der Waals surface area (Å²) in [6.07, 6.45) is 6.02. The fraction of sp³-hybridized carbons (Fsp3) is 0.786. The molecule has 0 spiro atoms. The van der Waals surface area contributed by atoms with Crippen LogP contribution in [0.15, 0.2) is 0 Å². The molecule has 0 unspecified atom stereocenters. The van der Waals surface area contributed by atoms with Gasteiger partial charge in [0.05, 0.1) is 0 Å². The Morgan fingerprint density at radius 3 is 2.56 bits per heavy atom. The Morgan fingerprint density at radius 2 is 2.06 bits per heavy atom. The van der Waals surface area contributed by atoms with Crippen molar-refractivity contribution in [3.8, 4) is 11.5 Å². The number of ketones is 1. The van der Waals surface area contributed by atoms with Crippen LogP contribution >= 0.6 is 0 Å². The number of hydrogen-bond acceptors (Lipinski definition) is 1. The van der Waals surface area contributed by atoms with Gasteiger partial charge in [0.15, 0.2) is 0 Å². The van der Waals surface area contributed by atoms with Crippen LogP contribution in [0.2, 0.25) is 19.6 Å². The molecular formula is C14H24OSi. The van der Waals surface area contributed by atoms with E-state index in [0.717, 1.165) is 32.1 Å². The normalized spacial score (nSPS) is 25.4. The molecule has 0 aromatic heterocycles. The van der Waals surface area contributed by atoms with E-state index >= 15 is 0 Å². The number of Topliss-reactive ketones (excluding diaryl/α,β-unsaturated/α-hetero) is 1. The first-order valence-electron chi connectivity index (χ1n) is 6.33. The quantitative estimate of drug-likeness (QED) is 0.414. The third-order valence-electron chi connectivity index (χ3n) is 3.18. The third-order valence-corrected chi connectivity index (χ3v) is 4.10. The van der Waals surface area contributed by atoms with E-state index < -0.39 is 8.07 Å². The summed E-state index contributed by atoms with van der Waals surface area (Å²) in [4.78, 5) is 11.3. The van der Waals surface area contributed by atoms with E-state index in [-0.39, 0.29) is 5.41 Å². The van der Waals surface area contributed by atoms with Crippen LogP contribution in [0.5, 0.6) is 0 Å². The van der Waals surface area contributed by atoms with Crippen molar-refractivity contribution in [3.05, 3.63) is 0 Å². The SMILES string of the molecule is C[C@]1(CCCC#C[Si](C)(C)C)CCC(=O)C1. The first-order valence-corrected chi connectivity index (χ1v) is 9.83. The van der Waals surface area contributed by atoms with Gasteiger partial charge in [-0.05, 0) is 24.7 Å². The maximum atomic E-state index is 11.3. The fourth-order valence-corrected chi connectivity index (χ4v) is 2.89. The number of unbranched alkanes of at least 4 members (excludes halogenated alkanes) is 1. The molecule has 0 aliphatic heterocycles. The Morgan fingerprint density at radius 1 is 1.38 bits per heavy atom. The van der Waals surface area contributed by atoms with Gasteiger partial charge in [-0.25, -0.2) is 0 Å². The van der Waals surface area contributed by atoms with Crippen molar-refractivity contribution in [1.82, 2.24) is 0 Å². The summed E-state index contributed by atoms with van der Waals surface area (Å²) in [5.74, 6) is 3.76. The molecule has 1 atom stereocenters. The van der Waals surface area contributed by atoms with Gasteiger partial charge in [0.2, 0.25) is 0 Å². The molecule has 1 fully saturated rings. The predicted octanol–water partition coefficient (Wildman–Crippen LogP) is 3.80. The van der Waals surface area contributed by atoms with Gasteiger partial charge >= 0.3 is 0 Å². The smallest absolute Gasteiger partial charge is 0.133 e. The van der Waals surface area contributed by atoms with E-state index in [9.17, 15) is 4.79 Å². The highest BCUT2D eigenvalue weighted by atomic mass is 28.3. The van der Waals surface area contributed by atoms with Gasteiger partial charge in [-0.1, -0.05) is 26.6 Å². The van der Waals surface area contributed by atoms with Gasteiger partial charge in [-0.15, -0.1) is 11.5 Å². The largest absolute Gasteiger partial charge is 0.300 e. The fourth-order valence-electron chi connectivity index (χ4n) is 2.24. The van der Waals surface area contributed by atoms with Crippen molar-refractivity contribution < 1.29 is 4.79 Å². The van der Waals surface area contributed by atoms with E-state index in [4.69, 9.17) is 0 Å². The highest BCUT2D eigenvalue weighted by Gasteiger charge is 2.32. The third kappa shape index (κ3) is 4.98. The molecule has 0 aromatic rings. The van der Waals surface area contributed by atoms with Crippen LogP contribution in [-0.4, -0.2) is 13.9 Å². The van der Waals surface area contributed by atoms with Crippen LogP contribution in [0.1, 0.15) is 45.4 Å². The van der Waals surface area contributed by atoms with Crippen molar-refractivity contribution in [2.45, 2.75) is 65.1 Å². The molecule has 0 bridgehead atoms. The Kier molecular flexibility index (Phi) is 4.38. The molecule has 0 N–H and O–H groups in total. The minimum atomic E-state index is -1.18. The summed E-state index contributed by atoms with van der Waals surface area (Å²) in [5.41, 5.74) is 3.68. The second kappa shape index (κ2) is 5.18. The molecule has 90 valence electrons. The minimum Gasteiger partial charge on any atom is -0.300 e. The van der Waals surface area contributed by atoms with Crippen molar-refractivity contribution in [2.75, 3.05) is 0 Å². The lowest BCUT2D eigenvalue weighted by atomic mass is 9.83. The van der Waals surface area contributed by atoms with Crippen molar-refractivity contribution in [3.63, 3.8) is 0 Å². The van der Waals surface area contributed by atoms with Crippen molar-refractivity contribution in [1.29, 1.82) is 0 Å². The Bertz CT molecular complexity index is 316. The predicted molar refractivity (Wildman–Crippen MR) is 71.9 cm³/mol. The molecular weight excluding hydrogens is 212 g/mol. The second-order valence-corrected chi connectivity index (χ2v) is 11.2. The summed E-state index contributed by atoms with van der Waals surface area (Å²) in [7, 11) is -1.18. The Hall–Kier alpha value is -0.553. The number of rotatable bonds is 3. The van der Waals surface area contributed by atoms with Crippen LogP contribution in [-0.2, 0) is 4.79 Å². The zero-order valence-corrected chi connectivity index (χ0v) is 12.2. The topological polar surface area (TPSA) is 17.1 Å². The zero-order chi connectivity index (χ0) is 12.2. The molecule has 0 aromatic carbocycles. The Labute approximate surface area is 101 Å². The molecule has 0 amide bonds. The lowest BCUT2D eigenvalue weighted by Crippen LogP contribution is -2.16. The second-order valence-electron chi connectivity index (χ2n) is 6.43. The van der Waals surface area contributed by atoms with E-state index in [2.05, 4.69) is 38.0 Å². The molecule has 1 nitrogen and oxygen atoms in total. The lowest BCUT2D eigenvalue weighted by Gasteiger charge is -2.21. The van der Waals surface area contributed by atoms with Crippen LogP contribution < -0.4 is 0 Å². The van der Waals surface area contributed by atoms with Crippen molar-refractivity contribution in [2.24, 2.45) is 5.41 Å². The molecule has 0 heterocycles. The lowest BCUT2D eigenvalue weighted by molar-refractivity contribution is -0.118. The van der Waals surface area contributed by atoms with Crippen LogP contribution in [0.25, 0.3) is 0 Å². The molecule has 0 radical (unpaired) electrons. The summed E-state index contributed by atoms with van der Waals surface area (Å²) >= 11 is 0. The molecule has 16 heavy (non-hydrogen) atoms. The summed E-state index contributed by atoms with van der Waals surface area (Å²) in [6.45, 7) is 9.08.